The van der Waals surface area contributed by atoms with Gasteiger partial charge < -0.3 is 14.7 Å². The molecule has 7 heteroatoms. The molecule has 0 spiro atoms. The monoisotopic (exact) mass is 318 g/mol. The van der Waals surface area contributed by atoms with Crippen molar-refractivity contribution in [1.29, 1.82) is 0 Å². The third-order valence-electron chi connectivity index (χ3n) is 3.91. The summed E-state index contributed by atoms with van der Waals surface area (Å²) in [6.45, 7) is 3.77. The Labute approximate surface area is 133 Å². The summed E-state index contributed by atoms with van der Waals surface area (Å²) in [5, 5.41) is 6.74. The zero-order chi connectivity index (χ0) is 16.2. The lowest BCUT2D eigenvalue weighted by Gasteiger charge is -2.30. The van der Waals surface area contributed by atoms with Gasteiger partial charge in [0.05, 0.1) is 5.92 Å². The molecule has 1 aromatic carbocycles. The van der Waals surface area contributed by atoms with Crippen LogP contribution < -0.4 is 5.32 Å². The van der Waals surface area contributed by atoms with Crippen LogP contribution in [0.4, 0.5) is 9.18 Å². The summed E-state index contributed by atoms with van der Waals surface area (Å²) >= 11 is 0. The van der Waals surface area contributed by atoms with Crippen LogP contribution in [0.25, 0.3) is 11.4 Å². The number of rotatable bonds is 3. The number of piperidine rings is 1. The molecule has 3 rings (SSSR count). The Kier molecular flexibility index (Phi) is 4.55. The van der Waals surface area contributed by atoms with Crippen molar-refractivity contribution >= 4 is 6.03 Å². The van der Waals surface area contributed by atoms with Gasteiger partial charge in [0.15, 0.2) is 0 Å². The Morgan fingerprint density at radius 2 is 2.39 bits per heavy atom. The van der Waals surface area contributed by atoms with Crippen molar-refractivity contribution in [2.24, 2.45) is 0 Å². The quantitative estimate of drug-likeness (QED) is 0.944. The molecular formula is C16H19FN4O2. The van der Waals surface area contributed by atoms with E-state index in [9.17, 15) is 9.18 Å². The fourth-order valence-corrected chi connectivity index (χ4v) is 2.77. The Balaban J connectivity index is 1.73. The van der Waals surface area contributed by atoms with E-state index in [0.29, 0.717) is 30.4 Å². The minimum absolute atomic E-state index is 0.0150. The molecule has 1 aliphatic rings. The Morgan fingerprint density at radius 3 is 3.17 bits per heavy atom. The molecule has 1 fully saturated rings. The largest absolute Gasteiger partial charge is 0.339 e. The highest BCUT2D eigenvalue weighted by Crippen LogP contribution is 2.27. The SMILES string of the molecule is CCNC(=O)N1CCCC(c2nc(-c3cccc(F)c3)no2)C1. The first kappa shape index (κ1) is 15.5. The number of halogens is 1. The highest BCUT2D eigenvalue weighted by molar-refractivity contribution is 5.74. The van der Waals surface area contributed by atoms with Gasteiger partial charge in [0.2, 0.25) is 11.7 Å². The topological polar surface area (TPSA) is 71.3 Å². The number of benzene rings is 1. The average molecular weight is 318 g/mol. The molecule has 23 heavy (non-hydrogen) atoms. The molecule has 0 bridgehead atoms. The van der Waals surface area contributed by atoms with Crippen LogP contribution in [-0.2, 0) is 0 Å². The fourth-order valence-electron chi connectivity index (χ4n) is 2.77. The maximum Gasteiger partial charge on any atom is 0.317 e. The molecule has 1 saturated heterocycles. The first-order valence-corrected chi connectivity index (χ1v) is 7.79. The van der Waals surface area contributed by atoms with E-state index in [4.69, 9.17) is 4.52 Å². The summed E-state index contributed by atoms with van der Waals surface area (Å²) in [7, 11) is 0. The van der Waals surface area contributed by atoms with E-state index in [1.54, 1.807) is 17.0 Å². The van der Waals surface area contributed by atoms with E-state index >= 15 is 0 Å². The second-order valence-corrected chi connectivity index (χ2v) is 5.59. The van der Waals surface area contributed by atoms with Gasteiger partial charge in [0.25, 0.3) is 0 Å². The molecule has 2 amide bonds. The van der Waals surface area contributed by atoms with Gasteiger partial charge in [0.1, 0.15) is 5.82 Å². The van der Waals surface area contributed by atoms with Crippen LogP contribution in [0.2, 0.25) is 0 Å². The van der Waals surface area contributed by atoms with Gasteiger partial charge in [-0.2, -0.15) is 4.98 Å². The van der Waals surface area contributed by atoms with Crippen LogP contribution in [0.1, 0.15) is 31.6 Å². The van der Waals surface area contributed by atoms with Gasteiger partial charge in [-0.15, -0.1) is 0 Å². The summed E-state index contributed by atoms with van der Waals surface area (Å²) in [5.74, 6) is 0.544. The number of aromatic nitrogens is 2. The highest BCUT2D eigenvalue weighted by atomic mass is 19.1. The maximum atomic E-state index is 13.3. The molecule has 1 aromatic heterocycles. The van der Waals surface area contributed by atoms with Gasteiger partial charge in [-0.25, -0.2) is 9.18 Å². The molecule has 1 aliphatic heterocycles. The lowest BCUT2D eigenvalue weighted by atomic mass is 9.98. The molecule has 0 radical (unpaired) electrons. The van der Waals surface area contributed by atoms with Gasteiger partial charge in [-0.1, -0.05) is 17.3 Å². The van der Waals surface area contributed by atoms with E-state index in [1.165, 1.54) is 12.1 Å². The first-order chi connectivity index (χ1) is 11.2. The predicted octanol–water partition coefficient (Wildman–Crippen LogP) is 2.78. The minimum atomic E-state index is -0.339. The standard InChI is InChI=1S/C16H19FN4O2/c1-2-18-16(22)21-8-4-6-12(10-21)15-19-14(20-23-15)11-5-3-7-13(17)9-11/h3,5,7,9,12H,2,4,6,8,10H2,1H3,(H,18,22). The molecule has 1 unspecified atom stereocenters. The van der Waals surface area contributed by atoms with Crippen LogP contribution in [0.3, 0.4) is 0 Å². The second kappa shape index (κ2) is 6.76. The van der Waals surface area contributed by atoms with Crippen LogP contribution in [0.15, 0.2) is 28.8 Å². The number of nitrogens with zero attached hydrogens (tertiary/aromatic N) is 3. The summed E-state index contributed by atoms with van der Waals surface area (Å²) in [6, 6.07) is 6.02. The Hall–Kier alpha value is -2.44. The van der Waals surface area contributed by atoms with Gasteiger partial charge in [-0.3, -0.25) is 0 Å². The summed E-state index contributed by atoms with van der Waals surface area (Å²) in [6.07, 6.45) is 1.78. The molecule has 1 N–H and O–H groups in total. The number of hydrogen-bond acceptors (Lipinski definition) is 4. The average Bonchev–Trinajstić information content (AvgIpc) is 3.05. The smallest absolute Gasteiger partial charge is 0.317 e. The van der Waals surface area contributed by atoms with Crippen molar-refractivity contribution < 1.29 is 13.7 Å². The summed E-state index contributed by atoms with van der Waals surface area (Å²) in [5.41, 5.74) is 0.580. The zero-order valence-electron chi connectivity index (χ0n) is 13.0. The van der Waals surface area contributed by atoms with Crippen molar-refractivity contribution in [3.63, 3.8) is 0 Å². The Bertz CT molecular complexity index is 688. The number of nitrogens with one attached hydrogen (secondary N) is 1. The molecule has 0 aliphatic carbocycles. The maximum absolute atomic E-state index is 13.3. The van der Waals surface area contributed by atoms with Crippen LogP contribution >= 0.6 is 0 Å². The number of carbonyl (C=O) groups is 1. The number of amides is 2. The van der Waals surface area contributed by atoms with Crippen LogP contribution in [0.5, 0.6) is 0 Å². The lowest BCUT2D eigenvalue weighted by molar-refractivity contribution is 0.172. The van der Waals surface area contributed by atoms with E-state index in [2.05, 4.69) is 15.5 Å². The molecular weight excluding hydrogens is 299 g/mol. The Morgan fingerprint density at radius 1 is 1.52 bits per heavy atom. The molecule has 0 saturated carbocycles. The number of likely N-dealkylation sites (tertiary alicyclic amines) is 1. The van der Waals surface area contributed by atoms with Gasteiger partial charge in [0, 0.05) is 25.2 Å². The van der Waals surface area contributed by atoms with Crippen molar-refractivity contribution in [3.05, 3.63) is 36.0 Å². The zero-order valence-corrected chi connectivity index (χ0v) is 13.0. The number of hydrogen-bond donors (Lipinski definition) is 1. The van der Waals surface area contributed by atoms with Crippen molar-refractivity contribution in [3.8, 4) is 11.4 Å². The molecule has 2 aromatic rings. The third-order valence-corrected chi connectivity index (χ3v) is 3.91. The summed E-state index contributed by atoms with van der Waals surface area (Å²) in [4.78, 5) is 18.1. The van der Waals surface area contributed by atoms with Crippen molar-refractivity contribution in [2.75, 3.05) is 19.6 Å². The van der Waals surface area contributed by atoms with E-state index in [0.717, 1.165) is 19.4 Å². The predicted molar refractivity (Wildman–Crippen MR) is 82.3 cm³/mol. The van der Waals surface area contributed by atoms with E-state index < -0.39 is 0 Å². The number of urea groups is 1. The van der Waals surface area contributed by atoms with E-state index in [-0.39, 0.29) is 17.8 Å². The first-order valence-electron chi connectivity index (χ1n) is 7.79. The molecule has 6 nitrogen and oxygen atoms in total. The third kappa shape index (κ3) is 3.49. The molecule has 122 valence electrons. The summed E-state index contributed by atoms with van der Waals surface area (Å²) < 4.78 is 18.6. The minimum Gasteiger partial charge on any atom is -0.339 e. The second-order valence-electron chi connectivity index (χ2n) is 5.59. The molecule has 2 heterocycles. The van der Waals surface area contributed by atoms with Crippen molar-refractivity contribution in [1.82, 2.24) is 20.4 Å². The van der Waals surface area contributed by atoms with Crippen molar-refractivity contribution in [2.45, 2.75) is 25.7 Å². The van der Waals surface area contributed by atoms with Gasteiger partial charge >= 0.3 is 6.03 Å². The fraction of sp³-hybridized carbons (Fsp3) is 0.438. The lowest BCUT2D eigenvalue weighted by Crippen LogP contribution is -2.44. The van der Waals surface area contributed by atoms with Crippen LogP contribution in [0, 0.1) is 5.82 Å². The van der Waals surface area contributed by atoms with Gasteiger partial charge in [-0.05, 0) is 31.9 Å². The van der Waals surface area contributed by atoms with E-state index in [1.807, 2.05) is 6.92 Å². The number of carbonyl (C=O) groups excluding carboxylic acids is 1. The normalized spacial score (nSPS) is 18.0. The highest BCUT2D eigenvalue weighted by Gasteiger charge is 2.28. The molecule has 1 atom stereocenters. The van der Waals surface area contributed by atoms with Crippen LogP contribution in [-0.4, -0.2) is 40.7 Å².